The van der Waals surface area contributed by atoms with Crippen molar-refractivity contribution in [3.63, 3.8) is 0 Å². The number of likely N-dealkylation sites (N-methyl/N-ethyl adjacent to an activating group) is 1. The first-order valence-electron chi connectivity index (χ1n) is 7.18. The highest BCUT2D eigenvalue weighted by Gasteiger charge is 2.22. The minimum absolute atomic E-state index is 0.106. The SMILES string of the molecule is CCNc1ncnc(NCCN(C)C(C)CC)c1[N+](=O)[O-]. The summed E-state index contributed by atoms with van der Waals surface area (Å²) in [6, 6.07) is 0.476. The predicted molar refractivity (Wildman–Crippen MR) is 83.7 cm³/mol. The van der Waals surface area contributed by atoms with E-state index in [1.54, 1.807) is 0 Å². The van der Waals surface area contributed by atoms with Gasteiger partial charge in [-0.2, -0.15) is 0 Å². The van der Waals surface area contributed by atoms with Crippen molar-refractivity contribution in [1.82, 2.24) is 14.9 Å². The zero-order chi connectivity index (χ0) is 15.8. The van der Waals surface area contributed by atoms with E-state index in [2.05, 4.69) is 39.3 Å². The van der Waals surface area contributed by atoms with E-state index >= 15 is 0 Å². The lowest BCUT2D eigenvalue weighted by Crippen LogP contribution is -2.32. The third kappa shape index (κ3) is 4.82. The molecular weight excluding hydrogens is 272 g/mol. The number of nitrogens with one attached hydrogen (secondary N) is 2. The van der Waals surface area contributed by atoms with Crippen LogP contribution in [0.4, 0.5) is 17.3 Å². The topological polar surface area (TPSA) is 96.2 Å². The molecule has 0 saturated carbocycles. The summed E-state index contributed by atoms with van der Waals surface area (Å²) in [5.41, 5.74) is -0.106. The van der Waals surface area contributed by atoms with Gasteiger partial charge in [0.2, 0.25) is 11.6 Å². The van der Waals surface area contributed by atoms with Crippen LogP contribution in [0.1, 0.15) is 27.2 Å². The third-order valence-corrected chi connectivity index (χ3v) is 3.45. The van der Waals surface area contributed by atoms with Gasteiger partial charge in [0.1, 0.15) is 6.33 Å². The fourth-order valence-corrected chi connectivity index (χ4v) is 1.86. The van der Waals surface area contributed by atoms with Crippen molar-refractivity contribution < 1.29 is 4.92 Å². The summed E-state index contributed by atoms with van der Waals surface area (Å²) in [5, 5.41) is 17.1. The van der Waals surface area contributed by atoms with Gasteiger partial charge in [-0.05, 0) is 27.3 Å². The fourth-order valence-electron chi connectivity index (χ4n) is 1.86. The molecule has 118 valence electrons. The van der Waals surface area contributed by atoms with Crippen molar-refractivity contribution in [3.05, 3.63) is 16.4 Å². The monoisotopic (exact) mass is 296 g/mol. The zero-order valence-corrected chi connectivity index (χ0v) is 13.1. The van der Waals surface area contributed by atoms with Crippen LogP contribution in [0.25, 0.3) is 0 Å². The molecule has 0 spiro atoms. The van der Waals surface area contributed by atoms with Crippen molar-refractivity contribution in [1.29, 1.82) is 0 Å². The summed E-state index contributed by atoms with van der Waals surface area (Å²) in [4.78, 5) is 20.8. The molecule has 1 atom stereocenters. The second kappa shape index (κ2) is 8.35. The van der Waals surface area contributed by atoms with Gasteiger partial charge in [-0.1, -0.05) is 6.92 Å². The Bertz CT molecular complexity index is 468. The van der Waals surface area contributed by atoms with E-state index in [1.807, 2.05) is 14.0 Å². The second-order valence-corrected chi connectivity index (χ2v) is 4.87. The van der Waals surface area contributed by atoms with Crippen LogP contribution in [0.5, 0.6) is 0 Å². The molecule has 0 aromatic carbocycles. The summed E-state index contributed by atoms with van der Waals surface area (Å²) < 4.78 is 0. The number of rotatable bonds is 9. The van der Waals surface area contributed by atoms with Crippen molar-refractivity contribution in [2.75, 3.05) is 37.3 Å². The van der Waals surface area contributed by atoms with Crippen molar-refractivity contribution in [3.8, 4) is 0 Å². The summed E-state index contributed by atoms with van der Waals surface area (Å²) in [5.74, 6) is 0.499. The normalized spacial score (nSPS) is 12.2. The third-order valence-electron chi connectivity index (χ3n) is 3.45. The maximum absolute atomic E-state index is 11.2. The molecule has 21 heavy (non-hydrogen) atoms. The maximum atomic E-state index is 11.2. The van der Waals surface area contributed by atoms with Gasteiger partial charge < -0.3 is 15.5 Å². The smallest absolute Gasteiger partial charge is 0.353 e. The van der Waals surface area contributed by atoms with E-state index in [1.165, 1.54) is 6.33 Å². The molecule has 1 unspecified atom stereocenters. The number of aromatic nitrogens is 2. The van der Waals surface area contributed by atoms with Gasteiger partial charge in [0, 0.05) is 25.7 Å². The van der Waals surface area contributed by atoms with Gasteiger partial charge >= 0.3 is 5.69 Å². The van der Waals surface area contributed by atoms with Crippen LogP contribution < -0.4 is 10.6 Å². The number of nitro groups is 1. The molecule has 2 N–H and O–H groups in total. The highest BCUT2D eigenvalue weighted by atomic mass is 16.6. The first-order chi connectivity index (χ1) is 10.0. The van der Waals surface area contributed by atoms with Gasteiger partial charge in [-0.25, -0.2) is 9.97 Å². The number of nitrogens with zero attached hydrogens (tertiary/aromatic N) is 4. The molecule has 0 aliphatic carbocycles. The Balaban J connectivity index is 2.74. The Hall–Kier alpha value is -1.96. The molecule has 1 aromatic rings. The van der Waals surface area contributed by atoms with Crippen LogP contribution in [0.15, 0.2) is 6.33 Å². The lowest BCUT2D eigenvalue weighted by Gasteiger charge is -2.23. The van der Waals surface area contributed by atoms with Gasteiger partial charge in [0.15, 0.2) is 0 Å². The Kier molecular flexibility index (Phi) is 6.80. The average Bonchev–Trinajstić information content (AvgIpc) is 2.46. The average molecular weight is 296 g/mol. The molecule has 0 saturated heterocycles. The largest absolute Gasteiger partial charge is 0.364 e. The standard InChI is InChI=1S/C13H24N6O2/c1-5-10(3)18(4)8-7-15-13-11(19(20)21)12(14-6-2)16-9-17-13/h9-10H,5-8H2,1-4H3,(H2,14,15,16,17). The molecule has 0 fully saturated rings. The van der Waals surface area contributed by atoms with E-state index < -0.39 is 4.92 Å². The minimum Gasteiger partial charge on any atom is -0.364 e. The quantitative estimate of drug-likeness (QED) is 0.531. The van der Waals surface area contributed by atoms with Crippen molar-refractivity contribution in [2.45, 2.75) is 33.2 Å². The van der Waals surface area contributed by atoms with E-state index in [-0.39, 0.29) is 17.3 Å². The Morgan fingerprint density at radius 1 is 1.33 bits per heavy atom. The molecule has 1 heterocycles. The molecule has 0 bridgehead atoms. The number of hydrogen-bond donors (Lipinski definition) is 2. The minimum atomic E-state index is -0.460. The van der Waals surface area contributed by atoms with E-state index in [9.17, 15) is 10.1 Å². The predicted octanol–water partition coefficient (Wildman–Crippen LogP) is 1.96. The molecule has 0 amide bonds. The molecule has 8 heteroatoms. The van der Waals surface area contributed by atoms with Crippen molar-refractivity contribution in [2.24, 2.45) is 0 Å². The van der Waals surface area contributed by atoms with Gasteiger partial charge in [0.05, 0.1) is 4.92 Å². The molecule has 0 radical (unpaired) electrons. The summed E-state index contributed by atoms with van der Waals surface area (Å²) >= 11 is 0. The van der Waals surface area contributed by atoms with Gasteiger partial charge in [-0.15, -0.1) is 0 Å². The van der Waals surface area contributed by atoms with Crippen LogP contribution in [0, 0.1) is 10.1 Å². The second-order valence-electron chi connectivity index (χ2n) is 4.87. The maximum Gasteiger partial charge on any atom is 0.353 e. The molecule has 8 nitrogen and oxygen atoms in total. The summed E-state index contributed by atoms with van der Waals surface area (Å²) in [6.45, 7) is 8.08. The van der Waals surface area contributed by atoms with E-state index in [4.69, 9.17) is 0 Å². The highest BCUT2D eigenvalue weighted by molar-refractivity contribution is 5.69. The summed E-state index contributed by atoms with van der Waals surface area (Å²) in [7, 11) is 2.04. The highest BCUT2D eigenvalue weighted by Crippen LogP contribution is 2.28. The number of anilines is 2. The van der Waals surface area contributed by atoms with Gasteiger partial charge in [0.25, 0.3) is 0 Å². The first-order valence-corrected chi connectivity index (χ1v) is 7.18. The lowest BCUT2D eigenvalue weighted by atomic mass is 10.2. The molecular formula is C13H24N6O2. The van der Waals surface area contributed by atoms with E-state index in [0.717, 1.165) is 13.0 Å². The van der Waals surface area contributed by atoms with Crippen LogP contribution in [-0.2, 0) is 0 Å². The van der Waals surface area contributed by atoms with Gasteiger partial charge in [-0.3, -0.25) is 10.1 Å². The summed E-state index contributed by atoms with van der Waals surface area (Å²) in [6.07, 6.45) is 2.39. The Morgan fingerprint density at radius 3 is 2.48 bits per heavy atom. The van der Waals surface area contributed by atoms with Crippen LogP contribution in [0.2, 0.25) is 0 Å². The Labute approximate surface area is 125 Å². The Morgan fingerprint density at radius 2 is 1.95 bits per heavy atom. The molecule has 1 rings (SSSR count). The lowest BCUT2D eigenvalue weighted by molar-refractivity contribution is -0.383. The van der Waals surface area contributed by atoms with Crippen molar-refractivity contribution >= 4 is 17.3 Å². The number of hydrogen-bond acceptors (Lipinski definition) is 7. The zero-order valence-electron chi connectivity index (χ0n) is 13.1. The first kappa shape index (κ1) is 17.1. The molecule has 0 aliphatic rings. The fraction of sp³-hybridized carbons (Fsp3) is 0.692. The van der Waals surface area contributed by atoms with Crippen LogP contribution in [0.3, 0.4) is 0 Å². The van der Waals surface area contributed by atoms with E-state index in [0.29, 0.717) is 19.1 Å². The molecule has 1 aromatic heterocycles. The van der Waals surface area contributed by atoms with Crippen LogP contribution in [-0.4, -0.2) is 52.5 Å². The van der Waals surface area contributed by atoms with Crippen LogP contribution >= 0.6 is 0 Å². The molecule has 0 aliphatic heterocycles.